The Hall–Kier alpha value is -2.50. The summed E-state index contributed by atoms with van der Waals surface area (Å²) in [6, 6.07) is 15.3. The lowest BCUT2D eigenvalue weighted by molar-refractivity contribution is -0.384. The zero-order valence-corrected chi connectivity index (χ0v) is 13.1. The monoisotopic (exact) mass is 345 g/mol. The number of nitrogens with zero attached hydrogens (tertiary/aromatic N) is 3. The van der Waals surface area contributed by atoms with Crippen LogP contribution in [0.3, 0.4) is 0 Å². The molecule has 3 aromatic carbocycles. The van der Waals surface area contributed by atoms with Crippen LogP contribution < -0.4 is 0 Å². The minimum absolute atomic E-state index is 0.0999. The molecule has 0 aliphatic heterocycles. The van der Waals surface area contributed by atoms with Crippen LogP contribution in [0.4, 0.5) is 17.1 Å². The van der Waals surface area contributed by atoms with Gasteiger partial charge in [0.05, 0.1) is 15.0 Å². The summed E-state index contributed by atoms with van der Waals surface area (Å²) in [5.74, 6) is 0. The number of nitro benzene ring substituents is 1. The lowest BCUT2D eigenvalue weighted by atomic mass is 10.1. The molecule has 3 rings (SSSR count). The van der Waals surface area contributed by atoms with E-state index < -0.39 is 4.92 Å². The third kappa shape index (κ3) is 3.16. The summed E-state index contributed by atoms with van der Waals surface area (Å²) in [6.07, 6.45) is 0. The highest BCUT2D eigenvalue weighted by Crippen LogP contribution is 2.36. The van der Waals surface area contributed by atoms with E-state index in [9.17, 15) is 10.1 Å². The Kier molecular flexibility index (Phi) is 4.23. The van der Waals surface area contributed by atoms with Crippen LogP contribution in [-0.4, -0.2) is 4.92 Å². The van der Waals surface area contributed by atoms with E-state index in [0.29, 0.717) is 16.4 Å². The molecule has 0 aromatic heterocycles. The van der Waals surface area contributed by atoms with Crippen molar-refractivity contribution in [1.29, 1.82) is 0 Å². The Balaban J connectivity index is 2.04. The van der Waals surface area contributed by atoms with Gasteiger partial charge in [-0.05, 0) is 17.5 Å². The molecule has 114 valence electrons. The summed E-state index contributed by atoms with van der Waals surface area (Å²) < 4.78 is 0. The molecule has 0 fully saturated rings. The van der Waals surface area contributed by atoms with E-state index in [1.54, 1.807) is 6.07 Å². The molecular weight excluding hydrogens is 337 g/mol. The molecule has 0 unspecified atom stereocenters. The Morgan fingerprint density at radius 3 is 2.43 bits per heavy atom. The Morgan fingerprint density at radius 1 is 0.913 bits per heavy atom. The van der Waals surface area contributed by atoms with Gasteiger partial charge < -0.3 is 0 Å². The second-order valence-corrected chi connectivity index (χ2v) is 5.52. The van der Waals surface area contributed by atoms with Gasteiger partial charge in [-0.2, -0.15) is 0 Å². The number of halogens is 2. The maximum Gasteiger partial charge on any atom is 0.271 e. The molecule has 0 saturated carbocycles. The van der Waals surface area contributed by atoms with Gasteiger partial charge >= 0.3 is 0 Å². The second-order valence-electron chi connectivity index (χ2n) is 4.71. The normalized spacial score (nSPS) is 11.2. The lowest BCUT2D eigenvalue weighted by Gasteiger charge is -2.03. The van der Waals surface area contributed by atoms with Crippen LogP contribution in [0.25, 0.3) is 10.8 Å². The Bertz CT molecular complexity index is 942. The molecule has 0 saturated heterocycles. The fourth-order valence-corrected chi connectivity index (χ4v) is 2.54. The Labute approximate surface area is 141 Å². The largest absolute Gasteiger partial charge is 0.271 e. The predicted octanol–water partition coefficient (Wildman–Crippen LogP) is 6.47. The molecule has 0 heterocycles. The van der Waals surface area contributed by atoms with Gasteiger partial charge in [0, 0.05) is 17.5 Å². The van der Waals surface area contributed by atoms with Crippen molar-refractivity contribution in [2.75, 3.05) is 0 Å². The van der Waals surface area contributed by atoms with E-state index in [4.69, 9.17) is 23.2 Å². The van der Waals surface area contributed by atoms with Crippen molar-refractivity contribution in [3.05, 3.63) is 74.8 Å². The van der Waals surface area contributed by atoms with Crippen molar-refractivity contribution in [3.8, 4) is 0 Å². The van der Waals surface area contributed by atoms with E-state index in [2.05, 4.69) is 10.2 Å². The fourth-order valence-electron chi connectivity index (χ4n) is 2.12. The highest BCUT2D eigenvalue weighted by Gasteiger charge is 2.10. The van der Waals surface area contributed by atoms with Gasteiger partial charge in [-0.1, -0.05) is 53.5 Å². The van der Waals surface area contributed by atoms with Gasteiger partial charge in [-0.25, -0.2) is 0 Å². The van der Waals surface area contributed by atoms with Crippen LogP contribution in [0.15, 0.2) is 64.8 Å². The highest BCUT2D eigenvalue weighted by atomic mass is 35.5. The lowest BCUT2D eigenvalue weighted by Crippen LogP contribution is -1.86. The highest BCUT2D eigenvalue weighted by molar-refractivity contribution is 6.34. The number of hydrogen-bond donors (Lipinski definition) is 0. The number of rotatable bonds is 3. The number of azo groups is 1. The molecule has 0 atom stereocenters. The van der Waals surface area contributed by atoms with Gasteiger partial charge in [-0.15, -0.1) is 10.2 Å². The van der Waals surface area contributed by atoms with Crippen LogP contribution in [0.5, 0.6) is 0 Å². The minimum atomic E-state index is -0.519. The van der Waals surface area contributed by atoms with Crippen LogP contribution in [0.1, 0.15) is 0 Å². The smallest absolute Gasteiger partial charge is 0.258 e. The summed E-state index contributed by atoms with van der Waals surface area (Å²) in [5, 5.41) is 21.4. The van der Waals surface area contributed by atoms with Crippen LogP contribution in [0.2, 0.25) is 10.0 Å². The Morgan fingerprint density at radius 2 is 1.70 bits per heavy atom. The molecule has 0 radical (unpaired) electrons. The van der Waals surface area contributed by atoms with Crippen molar-refractivity contribution in [1.82, 2.24) is 0 Å². The number of non-ortho nitro benzene ring substituents is 1. The molecule has 0 spiro atoms. The third-order valence-corrected chi connectivity index (χ3v) is 3.86. The average molecular weight is 346 g/mol. The number of benzene rings is 3. The van der Waals surface area contributed by atoms with E-state index in [1.807, 2.05) is 30.3 Å². The number of hydrogen-bond acceptors (Lipinski definition) is 4. The molecule has 5 nitrogen and oxygen atoms in total. The standard InChI is InChI=1S/C16H9Cl2N3O2/c17-13-7-5-10-3-1-2-4-12(10)16(13)20-19-15-8-6-11(21(22)23)9-14(15)18/h1-9H. The van der Waals surface area contributed by atoms with Crippen LogP contribution in [0, 0.1) is 10.1 Å². The second kappa shape index (κ2) is 6.32. The summed E-state index contributed by atoms with van der Waals surface area (Å²) in [7, 11) is 0. The van der Waals surface area contributed by atoms with Crippen LogP contribution in [-0.2, 0) is 0 Å². The summed E-state index contributed by atoms with van der Waals surface area (Å²) in [6.45, 7) is 0. The average Bonchev–Trinajstić information content (AvgIpc) is 2.55. The molecule has 0 aliphatic carbocycles. The molecule has 3 aromatic rings. The van der Waals surface area contributed by atoms with Crippen molar-refractivity contribution in [2.24, 2.45) is 10.2 Å². The first-order valence-corrected chi connectivity index (χ1v) is 7.35. The van der Waals surface area contributed by atoms with Crippen molar-refractivity contribution in [3.63, 3.8) is 0 Å². The quantitative estimate of drug-likeness (QED) is 0.310. The van der Waals surface area contributed by atoms with Crippen molar-refractivity contribution in [2.45, 2.75) is 0 Å². The van der Waals surface area contributed by atoms with E-state index in [1.165, 1.54) is 18.2 Å². The maximum absolute atomic E-state index is 10.7. The maximum atomic E-state index is 10.7. The minimum Gasteiger partial charge on any atom is -0.258 e. The van der Waals surface area contributed by atoms with Crippen LogP contribution >= 0.6 is 23.2 Å². The van der Waals surface area contributed by atoms with Gasteiger partial charge in [-0.3, -0.25) is 10.1 Å². The molecule has 0 aliphatic rings. The summed E-state index contributed by atoms with van der Waals surface area (Å²) >= 11 is 12.2. The van der Waals surface area contributed by atoms with Gasteiger partial charge in [0.2, 0.25) is 0 Å². The molecule has 7 heteroatoms. The number of fused-ring (bicyclic) bond motifs is 1. The zero-order valence-electron chi connectivity index (χ0n) is 11.6. The fraction of sp³-hybridized carbons (Fsp3) is 0. The summed E-state index contributed by atoms with van der Waals surface area (Å²) in [4.78, 5) is 10.2. The van der Waals surface area contributed by atoms with Gasteiger partial charge in [0.25, 0.3) is 5.69 Å². The van der Waals surface area contributed by atoms with Gasteiger partial charge in [0.1, 0.15) is 11.4 Å². The molecule has 0 N–H and O–H groups in total. The zero-order chi connectivity index (χ0) is 16.4. The van der Waals surface area contributed by atoms with E-state index in [0.717, 1.165) is 10.8 Å². The molecule has 0 bridgehead atoms. The van der Waals surface area contributed by atoms with E-state index >= 15 is 0 Å². The molecule has 23 heavy (non-hydrogen) atoms. The number of nitro groups is 1. The molecular formula is C16H9Cl2N3O2. The predicted molar refractivity (Wildman–Crippen MR) is 91.2 cm³/mol. The molecule has 0 amide bonds. The first-order valence-electron chi connectivity index (χ1n) is 6.59. The first kappa shape index (κ1) is 15.4. The summed E-state index contributed by atoms with van der Waals surface area (Å²) in [5.41, 5.74) is 0.762. The van der Waals surface area contributed by atoms with Gasteiger partial charge in [0.15, 0.2) is 0 Å². The van der Waals surface area contributed by atoms with Crippen molar-refractivity contribution >= 4 is 51.0 Å². The topological polar surface area (TPSA) is 67.9 Å². The first-order chi connectivity index (χ1) is 11.1. The SMILES string of the molecule is O=[N+]([O-])c1ccc(N=Nc2c(Cl)ccc3ccccc23)c(Cl)c1. The van der Waals surface area contributed by atoms with E-state index in [-0.39, 0.29) is 10.7 Å². The van der Waals surface area contributed by atoms with Crippen molar-refractivity contribution < 1.29 is 4.92 Å². The third-order valence-electron chi connectivity index (χ3n) is 3.25.